The first-order chi connectivity index (χ1) is 23.6. The van der Waals surface area contributed by atoms with E-state index in [0.29, 0.717) is 36.6 Å². The van der Waals surface area contributed by atoms with E-state index in [1.165, 1.54) is 0 Å². The third-order valence-corrected chi connectivity index (χ3v) is 15.3. The van der Waals surface area contributed by atoms with Crippen molar-refractivity contribution in [2.24, 2.45) is 0 Å². The molecule has 9 heteroatoms. The first kappa shape index (κ1) is 40.9. The third kappa shape index (κ3) is 12.4. The summed E-state index contributed by atoms with van der Waals surface area (Å²) in [4.78, 5) is 15.4. The molecule has 50 heavy (non-hydrogen) atoms. The Morgan fingerprint density at radius 2 is 1.42 bits per heavy atom. The van der Waals surface area contributed by atoms with Crippen molar-refractivity contribution >= 4 is 28.2 Å². The number of carbonyl (C=O) groups excluding carboxylic acids is 1. The van der Waals surface area contributed by atoms with Crippen molar-refractivity contribution in [3.05, 3.63) is 120 Å². The predicted octanol–water partition coefficient (Wildman–Crippen LogP) is 10.5. The number of benzene rings is 3. The van der Waals surface area contributed by atoms with E-state index in [0.717, 1.165) is 17.2 Å². The third-order valence-electron chi connectivity index (χ3n) is 9.12. The van der Waals surface area contributed by atoms with Crippen LogP contribution < -0.4 is 4.90 Å². The number of anilines is 1. The van der Waals surface area contributed by atoms with E-state index in [1.807, 2.05) is 66.7 Å². The molecule has 3 aromatic rings. The molecule has 1 N–H and O–H groups in total. The number of amides is 1. The molecule has 0 saturated carbocycles. The highest BCUT2D eigenvalue weighted by molar-refractivity contribution is 6.76. The second-order valence-electron chi connectivity index (χ2n) is 15.5. The molecule has 272 valence electrons. The molecule has 0 spiro atoms. The minimum absolute atomic E-state index is 0.0174. The van der Waals surface area contributed by atoms with Crippen molar-refractivity contribution in [1.82, 2.24) is 0 Å². The van der Waals surface area contributed by atoms with Gasteiger partial charge in [0.1, 0.15) is 5.75 Å². The molecule has 0 bridgehead atoms. The number of hydrogen-bond acceptors (Lipinski definition) is 6. The van der Waals surface area contributed by atoms with Crippen LogP contribution in [0.15, 0.2) is 98.1 Å². The normalized spacial score (nSPS) is 13.4. The summed E-state index contributed by atoms with van der Waals surface area (Å²) in [5.41, 5.74) is 3.81. The van der Waals surface area contributed by atoms with Crippen LogP contribution in [0, 0.1) is 0 Å². The Bertz CT molecular complexity index is 1520. The number of nitrogens with zero attached hydrogens (tertiary/aromatic N) is 1. The fourth-order valence-electron chi connectivity index (χ4n) is 5.18. The van der Waals surface area contributed by atoms with Gasteiger partial charge in [-0.2, -0.15) is 0 Å². The molecule has 0 radical (unpaired) electrons. The highest BCUT2D eigenvalue weighted by Gasteiger charge is 2.41. The molecule has 0 fully saturated rings. The summed E-state index contributed by atoms with van der Waals surface area (Å²) in [7, 11) is -3.79. The quantitative estimate of drug-likeness (QED) is 0.0983. The fourth-order valence-corrected chi connectivity index (χ4v) is 7.19. The van der Waals surface area contributed by atoms with Crippen LogP contribution in [0.25, 0.3) is 0 Å². The van der Waals surface area contributed by atoms with Crippen LogP contribution in [0.3, 0.4) is 0 Å². The van der Waals surface area contributed by atoms with Gasteiger partial charge in [-0.25, -0.2) is 4.79 Å². The molecule has 0 aromatic heterocycles. The van der Waals surface area contributed by atoms with Crippen molar-refractivity contribution in [1.29, 1.82) is 0 Å². The molecule has 7 nitrogen and oxygen atoms in total. The van der Waals surface area contributed by atoms with Gasteiger partial charge in [0.05, 0.1) is 44.8 Å². The zero-order valence-corrected chi connectivity index (χ0v) is 33.5. The van der Waals surface area contributed by atoms with Crippen molar-refractivity contribution in [2.75, 3.05) is 24.7 Å². The van der Waals surface area contributed by atoms with Gasteiger partial charge >= 0.3 is 6.09 Å². The Labute approximate surface area is 303 Å². The lowest BCUT2D eigenvalue weighted by Gasteiger charge is -2.41. The maximum absolute atomic E-state index is 13.9. The Morgan fingerprint density at radius 1 is 0.860 bits per heavy atom. The molecule has 3 rings (SSSR count). The van der Waals surface area contributed by atoms with Gasteiger partial charge < -0.3 is 23.7 Å². The van der Waals surface area contributed by atoms with E-state index in [9.17, 15) is 9.90 Å². The van der Waals surface area contributed by atoms with Crippen LogP contribution in [0.4, 0.5) is 10.5 Å². The number of rotatable bonds is 19. The summed E-state index contributed by atoms with van der Waals surface area (Å²) >= 11 is 0. The first-order valence-corrected chi connectivity index (χ1v) is 24.1. The molecule has 0 aliphatic carbocycles. The van der Waals surface area contributed by atoms with Crippen LogP contribution in [0.5, 0.6) is 5.75 Å². The maximum Gasteiger partial charge on any atom is 0.414 e. The lowest BCUT2D eigenvalue weighted by atomic mass is 9.90. The van der Waals surface area contributed by atoms with E-state index < -0.39 is 34.5 Å². The average Bonchev–Trinajstić information content (AvgIpc) is 3.04. The molecule has 2 atom stereocenters. The van der Waals surface area contributed by atoms with Gasteiger partial charge in [0, 0.05) is 26.1 Å². The van der Waals surface area contributed by atoms with Crippen LogP contribution in [-0.2, 0) is 38.5 Å². The fraction of sp³-hybridized carbons (Fsp3) is 0.439. The number of aromatic hydroxyl groups is 1. The molecule has 0 heterocycles. The Morgan fingerprint density at radius 3 is 1.94 bits per heavy atom. The smallest absolute Gasteiger partial charge is 0.414 e. The highest BCUT2D eigenvalue weighted by atomic mass is 28.4. The largest absolute Gasteiger partial charge is 0.508 e. The minimum Gasteiger partial charge on any atom is -0.508 e. The summed E-state index contributed by atoms with van der Waals surface area (Å²) in [6.45, 7) is 27.5. The van der Waals surface area contributed by atoms with Crippen molar-refractivity contribution in [2.45, 2.75) is 96.4 Å². The van der Waals surface area contributed by atoms with Crippen LogP contribution in [-0.4, -0.2) is 53.5 Å². The average molecular weight is 718 g/mol. The molecule has 0 aliphatic heterocycles. The Kier molecular flexibility index (Phi) is 15.3. The van der Waals surface area contributed by atoms with E-state index in [4.69, 9.17) is 18.6 Å². The molecule has 3 aromatic carbocycles. The number of hydrogen-bond donors (Lipinski definition) is 1. The SMILES string of the molecule is C=CCN(C(=O)OCC[Si](C)(C)C)c1cc(COCc2ccccc2)cc(O)c1[C@H](COCc1ccccc1)[C@H](C=C)O[Si](C)(C)C(C)(C)C. The number of ether oxygens (including phenoxy) is 3. The van der Waals surface area contributed by atoms with Crippen molar-refractivity contribution in [3.63, 3.8) is 0 Å². The van der Waals surface area contributed by atoms with Gasteiger partial charge in [0.25, 0.3) is 0 Å². The highest BCUT2D eigenvalue weighted by Crippen LogP contribution is 2.44. The molecular formula is C41H59NO6Si2. The number of carbonyl (C=O) groups is 1. The van der Waals surface area contributed by atoms with Crippen molar-refractivity contribution < 1.29 is 28.5 Å². The molecule has 1 amide bonds. The lowest BCUT2D eigenvalue weighted by molar-refractivity contribution is 0.0716. The maximum atomic E-state index is 13.9. The van der Waals surface area contributed by atoms with Gasteiger partial charge in [-0.15, -0.1) is 13.2 Å². The summed E-state index contributed by atoms with van der Waals surface area (Å²) in [6, 6.07) is 24.3. The topological polar surface area (TPSA) is 77.5 Å². The van der Waals surface area contributed by atoms with Gasteiger partial charge in [0.2, 0.25) is 0 Å². The minimum atomic E-state index is -2.33. The van der Waals surface area contributed by atoms with E-state index in [-0.39, 0.29) is 30.5 Å². The zero-order valence-electron chi connectivity index (χ0n) is 31.5. The van der Waals surface area contributed by atoms with Gasteiger partial charge in [-0.05, 0) is 53.0 Å². The monoisotopic (exact) mass is 717 g/mol. The van der Waals surface area contributed by atoms with E-state index >= 15 is 0 Å². The van der Waals surface area contributed by atoms with Gasteiger partial charge in [-0.1, -0.05) is 113 Å². The van der Waals surface area contributed by atoms with Gasteiger partial charge in [-0.3, -0.25) is 4.90 Å². The molecular weight excluding hydrogens is 659 g/mol. The molecule has 0 saturated heterocycles. The van der Waals surface area contributed by atoms with Gasteiger partial charge in [0.15, 0.2) is 8.32 Å². The van der Waals surface area contributed by atoms with E-state index in [2.05, 4.69) is 66.7 Å². The zero-order chi connectivity index (χ0) is 37.0. The van der Waals surface area contributed by atoms with Crippen LogP contribution in [0.2, 0.25) is 43.8 Å². The summed E-state index contributed by atoms with van der Waals surface area (Å²) < 4.78 is 25.3. The van der Waals surface area contributed by atoms with E-state index in [1.54, 1.807) is 23.1 Å². The standard InChI is InChI=1S/C41H59NO6Si2/c1-11-23-42(40(44)47-24-25-49(6,7)8)36-26-34(30-45-28-32-19-15-13-16-20-32)27-37(43)39(36)35(31-46-29-33-21-17-14-18-22-33)38(12-2)48-50(9,10)41(3,4)5/h11-22,26-27,35,38,43H,1-2,23-25,28-31H2,3-10H3/t35-,38+/m1/s1. The van der Waals surface area contributed by atoms with Crippen LogP contribution in [0.1, 0.15) is 48.9 Å². The summed E-state index contributed by atoms with van der Waals surface area (Å²) in [5, 5.41) is 11.9. The Hall–Kier alpha value is -3.48. The molecule has 0 unspecified atom stereocenters. The Balaban J connectivity index is 2.13. The second kappa shape index (κ2) is 18.7. The predicted molar refractivity (Wildman–Crippen MR) is 211 cm³/mol. The summed E-state index contributed by atoms with van der Waals surface area (Å²) in [6.07, 6.45) is 2.43. The number of phenols is 1. The lowest BCUT2D eigenvalue weighted by Crippen LogP contribution is -2.45. The summed E-state index contributed by atoms with van der Waals surface area (Å²) in [5.74, 6) is -0.495. The number of phenolic OH excluding ortho intramolecular Hbond substituents is 1. The first-order valence-electron chi connectivity index (χ1n) is 17.5. The van der Waals surface area contributed by atoms with Crippen LogP contribution >= 0.6 is 0 Å². The molecule has 0 aliphatic rings. The van der Waals surface area contributed by atoms with Crippen molar-refractivity contribution in [3.8, 4) is 5.75 Å². The second-order valence-corrected chi connectivity index (χ2v) is 25.9.